The lowest BCUT2D eigenvalue weighted by molar-refractivity contribution is -0.575. The van der Waals surface area contributed by atoms with Crippen molar-refractivity contribution >= 4 is 8.32 Å². The van der Waals surface area contributed by atoms with Crippen LogP contribution in [0.3, 0.4) is 0 Å². The first-order valence-electron chi connectivity index (χ1n) is 6.49. The van der Waals surface area contributed by atoms with Crippen molar-refractivity contribution in [3.05, 3.63) is 10.1 Å². The van der Waals surface area contributed by atoms with Crippen LogP contribution < -0.4 is 0 Å². The summed E-state index contributed by atoms with van der Waals surface area (Å²) in [4.78, 5) is 9.57. The minimum atomic E-state index is -4.92. The average Bonchev–Trinajstić information content (AvgIpc) is 2.10. The Morgan fingerprint density at radius 2 is 1.55 bits per heavy atom. The summed E-state index contributed by atoms with van der Waals surface area (Å²) in [6.45, 7) is 12.2. The molecule has 0 amide bonds. The van der Waals surface area contributed by atoms with Crippen LogP contribution in [0.2, 0.25) is 18.1 Å². The van der Waals surface area contributed by atoms with Gasteiger partial charge in [0, 0.05) is 4.92 Å². The van der Waals surface area contributed by atoms with Crippen molar-refractivity contribution in [1.82, 2.24) is 0 Å². The number of rotatable bonds is 5. The van der Waals surface area contributed by atoms with Gasteiger partial charge < -0.3 is 4.43 Å². The van der Waals surface area contributed by atoms with Crippen LogP contribution in [0, 0.1) is 16.0 Å². The van der Waals surface area contributed by atoms with E-state index in [0.29, 0.717) is 0 Å². The molecule has 0 radical (unpaired) electrons. The Labute approximate surface area is 119 Å². The molecule has 0 aliphatic carbocycles. The van der Waals surface area contributed by atoms with Gasteiger partial charge in [-0.15, -0.1) is 0 Å². The maximum absolute atomic E-state index is 12.9. The molecule has 0 heterocycles. The lowest BCUT2D eigenvalue weighted by Crippen LogP contribution is -2.55. The molecule has 0 saturated carbocycles. The van der Waals surface area contributed by atoms with Crippen molar-refractivity contribution in [2.45, 2.75) is 71.1 Å². The predicted molar refractivity (Wildman–Crippen MR) is 73.7 cm³/mol. The van der Waals surface area contributed by atoms with E-state index in [2.05, 4.69) is 0 Å². The van der Waals surface area contributed by atoms with Gasteiger partial charge in [-0.2, -0.15) is 13.2 Å². The van der Waals surface area contributed by atoms with Crippen molar-refractivity contribution in [3.63, 3.8) is 0 Å². The molecular formula is C12H24F3NO3Si. The highest BCUT2D eigenvalue weighted by Crippen LogP contribution is 2.40. The zero-order valence-corrected chi connectivity index (χ0v) is 14.0. The van der Waals surface area contributed by atoms with Crippen LogP contribution in [0.5, 0.6) is 0 Å². The maximum Gasteiger partial charge on any atom is 0.460 e. The number of hydrogen-bond acceptors (Lipinski definition) is 3. The van der Waals surface area contributed by atoms with E-state index in [9.17, 15) is 23.3 Å². The standard InChI is InChI=1S/C12H24F3NO3Si/c1-8(2)9(10(16(17)18)12(13,14)15)19-20(6,7)11(3,4)5/h8-10H,1-7H3/t9-,10-/m1/s1. The van der Waals surface area contributed by atoms with E-state index in [4.69, 9.17) is 4.43 Å². The second kappa shape index (κ2) is 6.01. The second-order valence-corrected chi connectivity index (χ2v) is 11.6. The van der Waals surface area contributed by atoms with Gasteiger partial charge in [0.2, 0.25) is 0 Å². The number of alkyl halides is 3. The average molecular weight is 315 g/mol. The van der Waals surface area contributed by atoms with Gasteiger partial charge in [-0.05, 0) is 24.1 Å². The maximum atomic E-state index is 12.9. The molecule has 4 nitrogen and oxygen atoms in total. The van der Waals surface area contributed by atoms with Gasteiger partial charge in [-0.3, -0.25) is 10.1 Å². The smallest absolute Gasteiger partial charge is 0.406 e. The number of hydrogen-bond donors (Lipinski definition) is 0. The van der Waals surface area contributed by atoms with Gasteiger partial charge in [0.25, 0.3) is 0 Å². The zero-order valence-electron chi connectivity index (χ0n) is 13.0. The molecule has 0 N–H and O–H groups in total. The highest BCUT2D eigenvalue weighted by molar-refractivity contribution is 6.74. The van der Waals surface area contributed by atoms with Crippen molar-refractivity contribution in [1.29, 1.82) is 0 Å². The van der Waals surface area contributed by atoms with Crippen molar-refractivity contribution < 1.29 is 22.5 Å². The Morgan fingerprint density at radius 1 is 1.15 bits per heavy atom. The topological polar surface area (TPSA) is 52.4 Å². The van der Waals surface area contributed by atoms with E-state index in [1.54, 1.807) is 13.1 Å². The highest BCUT2D eigenvalue weighted by atomic mass is 28.4. The molecule has 120 valence electrons. The van der Waals surface area contributed by atoms with Crippen LogP contribution in [0.4, 0.5) is 13.2 Å². The molecule has 0 aliphatic rings. The molecule has 2 atom stereocenters. The van der Waals surface area contributed by atoms with Gasteiger partial charge in [0.05, 0.1) is 0 Å². The van der Waals surface area contributed by atoms with Gasteiger partial charge in [0.15, 0.2) is 8.32 Å². The minimum Gasteiger partial charge on any atom is -0.406 e. The van der Waals surface area contributed by atoms with Crippen molar-refractivity contribution in [3.8, 4) is 0 Å². The van der Waals surface area contributed by atoms with E-state index in [0.717, 1.165) is 0 Å². The number of nitro groups is 1. The van der Waals surface area contributed by atoms with Gasteiger partial charge in [-0.1, -0.05) is 34.6 Å². The second-order valence-electron chi connectivity index (χ2n) is 6.86. The molecule has 20 heavy (non-hydrogen) atoms. The van der Waals surface area contributed by atoms with Crippen LogP contribution >= 0.6 is 0 Å². The predicted octanol–water partition coefficient (Wildman–Crippen LogP) is 4.24. The third-order valence-corrected chi connectivity index (χ3v) is 8.24. The molecule has 0 bridgehead atoms. The van der Waals surface area contributed by atoms with Crippen molar-refractivity contribution in [2.75, 3.05) is 0 Å². The zero-order chi connectivity index (χ0) is 16.5. The normalized spacial score (nSPS) is 17.1. The van der Waals surface area contributed by atoms with E-state index in [-0.39, 0.29) is 5.04 Å². The Kier molecular flexibility index (Phi) is 5.82. The van der Waals surface area contributed by atoms with E-state index >= 15 is 0 Å². The third-order valence-electron chi connectivity index (χ3n) is 3.77. The summed E-state index contributed by atoms with van der Waals surface area (Å²) >= 11 is 0. The Morgan fingerprint density at radius 3 is 1.75 bits per heavy atom. The molecule has 0 aromatic heterocycles. The fourth-order valence-corrected chi connectivity index (χ4v) is 2.94. The van der Waals surface area contributed by atoms with Crippen molar-refractivity contribution in [2.24, 2.45) is 5.92 Å². The van der Waals surface area contributed by atoms with Crippen LogP contribution in [0.1, 0.15) is 34.6 Å². The van der Waals surface area contributed by atoms with E-state index in [1.807, 2.05) is 20.8 Å². The van der Waals surface area contributed by atoms with Crippen LogP contribution in [0.25, 0.3) is 0 Å². The molecule has 8 heteroatoms. The van der Waals surface area contributed by atoms with Crippen LogP contribution in [0.15, 0.2) is 0 Å². The number of nitrogens with zero attached hydrogens (tertiary/aromatic N) is 1. The van der Waals surface area contributed by atoms with E-state index < -0.39 is 37.5 Å². The lowest BCUT2D eigenvalue weighted by atomic mass is 10.00. The highest BCUT2D eigenvalue weighted by Gasteiger charge is 2.57. The molecule has 0 aromatic rings. The lowest BCUT2D eigenvalue weighted by Gasteiger charge is -2.40. The summed E-state index contributed by atoms with van der Waals surface area (Å²) in [5.41, 5.74) is 0. The molecule has 0 aromatic carbocycles. The Balaban J connectivity index is 5.51. The molecular weight excluding hydrogens is 291 g/mol. The quantitative estimate of drug-likeness (QED) is 0.433. The summed E-state index contributed by atoms with van der Waals surface area (Å²) in [5.74, 6) is -0.596. The summed E-state index contributed by atoms with van der Waals surface area (Å²) in [5, 5.41) is 10.5. The summed E-state index contributed by atoms with van der Waals surface area (Å²) in [6, 6.07) is -2.68. The molecule has 0 aliphatic heterocycles. The molecule has 0 rings (SSSR count). The Bertz CT molecular complexity index is 351. The summed E-state index contributed by atoms with van der Waals surface area (Å²) in [6.07, 6.45) is -6.38. The first kappa shape index (κ1) is 19.4. The Hall–Kier alpha value is -0.633. The molecule has 0 unspecified atom stereocenters. The van der Waals surface area contributed by atoms with Gasteiger partial charge in [-0.25, -0.2) is 0 Å². The first-order valence-corrected chi connectivity index (χ1v) is 9.40. The van der Waals surface area contributed by atoms with E-state index in [1.165, 1.54) is 13.8 Å². The monoisotopic (exact) mass is 315 g/mol. The van der Waals surface area contributed by atoms with Gasteiger partial charge in [0.1, 0.15) is 6.10 Å². The SMILES string of the molecule is CC(C)[C@@H](O[Si](C)(C)C(C)(C)C)[C@@H]([N+](=O)[O-])C(F)(F)F. The van der Waals surface area contributed by atoms with Crippen LogP contribution in [-0.2, 0) is 4.43 Å². The fourth-order valence-electron chi connectivity index (χ4n) is 1.51. The fraction of sp³-hybridized carbons (Fsp3) is 1.00. The third kappa shape index (κ3) is 4.73. The van der Waals surface area contributed by atoms with Crippen LogP contribution in [-0.4, -0.2) is 31.6 Å². The molecule has 0 spiro atoms. The minimum absolute atomic E-state index is 0.313. The number of halogens is 3. The molecule has 0 saturated heterocycles. The van der Waals surface area contributed by atoms with Gasteiger partial charge >= 0.3 is 12.2 Å². The first-order chi connectivity index (χ1) is 8.61. The summed E-state index contributed by atoms with van der Waals surface area (Å²) < 4.78 is 44.5. The molecule has 0 fully saturated rings. The largest absolute Gasteiger partial charge is 0.460 e. The summed E-state index contributed by atoms with van der Waals surface area (Å²) in [7, 11) is -2.52.